The van der Waals surface area contributed by atoms with Gasteiger partial charge in [0.1, 0.15) is 28.7 Å². The topological polar surface area (TPSA) is 190 Å². The van der Waals surface area contributed by atoms with Crippen LogP contribution in [0.25, 0.3) is 16.9 Å². The third-order valence-corrected chi connectivity index (χ3v) is 8.72. The summed E-state index contributed by atoms with van der Waals surface area (Å²) in [5, 5.41) is 48.4. The van der Waals surface area contributed by atoms with Crippen LogP contribution in [0.1, 0.15) is 23.1 Å². The van der Waals surface area contributed by atoms with Gasteiger partial charge in [-0.15, -0.1) is 11.6 Å². The number of aliphatic hydroxyl groups excluding tert-OH is 2. The van der Waals surface area contributed by atoms with Crippen molar-refractivity contribution >= 4 is 40.7 Å². The fourth-order valence-corrected chi connectivity index (χ4v) is 6.71. The van der Waals surface area contributed by atoms with Crippen molar-refractivity contribution in [2.45, 2.75) is 31.0 Å². The first kappa shape index (κ1) is 29.3. The lowest BCUT2D eigenvalue weighted by Crippen LogP contribution is -2.65. The zero-order valence-corrected chi connectivity index (χ0v) is 23.6. The number of carbonyl (C=O) groups is 4. The Bertz CT molecular complexity index is 1600. The van der Waals surface area contributed by atoms with Gasteiger partial charge in [0.25, 0.3) is 5.91 Å². The van der Waals surface area contributed by atoms with Crippen LogP contribution in [0, 0.1) is 11.8 Å². The predicted molar refractivity (Wildman–Crippen MR) is 152 cm³/mol. The van der Waals surface area contributed by atoms with Gasteiger partial charge in [0, 0.05) is 23.6 Å². The standard InChI is InChI=1S/C30H30ClN3O8/c1-34(2)23-18-10-14-8-17-16(13-6-4-3-5-7-13)9-15(12-33-19(35)11-31)24(36)21(17)25(37)20(14)27(39)30(18,42)28(40)22(26(23)38)29(32)41/h3-7,9,14,18,23,36-37,40,42H,8,10-12H2,1-2H3,(H2,32,41)(H,33,35)/t14-,18-,23-,30-/m0/s1. The molecule has 220 valence electrons. The summed E-state index contributed by atoms with van der Waals surface area (Å²) >= 11 is 5.61. The number of fused-ring (bicyclic) bond motifs is 3. The van der Waals surface area contributed by atoms with Gasteiger partial charge < -0.3 is 31.5 Å². The molecule has 2 aromatic carbocycles. The minimum atomic E-state index is -2.73. The molecule has 0 radical (unpaired) electrons. The van der Waals surface area contributed by atoms with E-state index in [1.807, 2.05) is 30.3 Å². The smallest absolute Gasteiger partial charge is 0.255 e. The monoisotopic (exact) mass is 595 g/mol. The Hall–Kier alpha value is -4.19. The van der Waals surface area contributed by atoms with Crippen LogP contribution in [0.4, 0.5) is 0 Å². The van der Waals surface area contributed by atoms with Gasteiger partial charge in [-0.25, -0.2) is 0 Å². The Morgan fingerprint density at radius 3 is 2.40 bits per heavy atom. The van der Waals surface area contributed by atoms with Crippen molar-refractivity contribution in [1.29, 1.82) is 0 Å². The number of nitrogens with zero attached hydrogens (tertiary/aromatic N) is 1. The average Bonchev–Trinajstić information content (AvgIpc) is 2.94. The molecule has 0 spiro atoms. The molecule has 12 heteroatoms. The van der Waals surface area contributed by atoms with Crippen LogP contribution in [0.5, 0.6) is 5.75 Å². The number of primary amides is 1. The van der Waals surface area contributed by atoms with Gasteiger partial charge in [0.2, 0.25) is 11.7 Å². The maximum Gasteiger partial charge on any atom is 0.255 e. The number of hydrogen-bond donors (Lipinski definition) is 6. The van der Waals surface area contributed by atoms with Crippen LogP contribution in [0.3, 0.4) is 0 Å². The molecular formula is C30H30ClN3O8. The van der Waals surface area contributed by atoms with Crippen LogP contribution in [-0.4, -0.2) is 80.3 Å². The third kappa shape index (κ3) is 4.27. The average molecular weight is 596 g/mol. The molecule has 3 aliphatic rings. The first-order chi connectivity index (χ1) is 19.8. The summed E-state index contributed by atoms with van der Waals surface area (Å²) in [5.74, 6) is -8.01. The summed E-state index contributed by atoms with van der Waals surface area (Å²) in [7, 11) is 3.09. The summed E-state index contributed by atoms with van der Waals surface area (Å²) in [6.07, 6.45) is 0.120. The second kappa shape index (κ2) is 10.6. The minimum Gasteiger partial charge on any atom is -0.508 e. The number of nitrogens with two attached hydrogens (primary N) is 1. The van der Waals surface area contributed by atoms with Gasteiger partial charge in [-0.3, -0.25) is 24.1 Å². The maximum atomic E-state index is 14.1. The third-order valence-electron chi connectivity index (χ3n) is 8.48. The van der Waals surface area contributed by atoms with E-state index in [9.17, 15) is 39.6 Å². The highest BCUT2D eigenvalue weighted by atomic mass is 35.5. The van der Waals surface area contributed by atoms with Crippen LogP contribution in [0.15, 0.2) is 53.3 Å². The highest BCUT2D eigenvalue weighted by Gasteiger charge is 2.64. The Morgan fingerprint density at radius 1 is 1.14 bits per heavy atom. The molecule has 1 fully saturated rings. The van der Waals surface area contributed by atoms with E-state index < -0.39 is 64.0 Å². The fourth-order valence-electron chi connectivity index (χ4n) is 6.62. The second-order valence-electron chi connectivity index (χ2n) is 11.0. The van der Waals surface area contributed by atoms with Crippen molar-refractivity contribution in [2.75, 3.05) is 20.0 Å². The number of halogens is 1. The highest BCUT2D eigenvalue weighted by Crippen LogP contribution is 2.54. The van der Waals surface area contributed by atoms with E-state index in [2.05, 4.69) is 5.32 Å². The molecule has 42 heavy (non-hydrogen) atoms. The Morgan fingerprint density at radius 2 is 1.81 bits per heavy atom. The van der Waals surface area contributed by atoms with E-state index in [0.717, 1.165) is 5.56 Å². The quantitative estimate of drug-likeness (QED) is 0.212. The number of likely N-dealkylation sites (N-methyl/N-ethyl adjacent to an activating group) is 1. The van der Waals surface area contributed by atoms with Crippen molar-refractivity contribution in [3.8, 4) is 16.9 Å². The van der Waals surface area contributed by atoms with Gasteiger partial charge in [0.05, 0.1) is 11.6 Å². The van der Waals surface area contributed by atoms with Gasteiger partial charge >= 0.3 is 0 Å². The molecule has 0 bridgehead atoms. The highest BCUT2D eigenvalue weighted by molar-refractivity contribution is 6.27. The summed E-state index contributed by atoms with van der Waals surface area (Å²) in [6, 6.07) is 9.66. The zero-order chi connectivity index (χ0) is 30.7. The minimum absolute atomic E-state index is 0.0196. The second-order valence-corrected chi connectivity index (χ2v) is 11.3. The maximum absolute atomic E-state index is 14.1. The number of rotatable bonds is 6. The number of amides is 2. The molecule has 7 N–H and O–H groups in total. The molecule has 0 saturated heterocycles. The molecule has 1 saturated carbocycles. The number of ketones is 2. The van der Waals surface area contributed by atoms with Crippen molar-refractivity contribution in [3.63, 3.8) is 0 Å². The van der Waals surface area contributed by atoms with E-state index >= 15 is 0 Å². The predicted octanol–water partition coefficient (Wildman–Crippen LogP) is 1.49. The number of aliphatic hydroxyl groups is 3. The molecule has 5 rings (SSSR count). The number of benzene rings is 2. The Labute approximate surface area is 245 Å². The SMILES string of the molecule is CN(C)[C@@H]1C(=O)C(C(N)=O)=C(O)[C@@]2(O)C(=O)C3=C(O)c4c(O)c(CNC(=O)CCl)cc(-c5ccccc5)c4C[C@H]3C[C@@H]12. The summed E-state index contributed by atoms with van der Waals surface area (Å²) in [4.78, 5) is 52.9. The first-order valence-electron chi connectivity index (χ1n) is 13.2. The lowest BCUT2D eigenvalue weighted by molar-refractivity contribution is -0.153. The first-order valence-corrected chi connectivity index (χ1v) is 13.8. The molecule has 4 atom stereocenters. The number of hydrogen-bond acceptors (Lipinski definition) is 9. The van der Waals surface area contributed by atoms with E-state index in [1.54, 1.807) is 20.2 Å². The van der Waals surface area contributed by atoms with Crippen LogP contribution in [0.2, 0.25) is 0 Å². The van der Waals surface area contributed by atoms with E-state index in [4.69, 9.17) is 17.3 Å². The molecule has 0 aliphatic heterocycles. The van der Waals surface area contributed by atoms with Gasteiger partial charge in [-0.2, -0.15) is 0 Å². The number of Topliss-reactive ketones (excluding diaryl/α,β-unsaturated/α-hetero) is 2. The number of aromatic hydroxyl groups is 1. The number of phenols is 1. The molecule has 0 unspecified atom stereocenters. The number of nitrogens with one attached hydrogen (secondary N) is 1. The van der Waals surface area contributed by atoms with E-state index in [0.29, 0.717) is 11.1 Å². The van der Waals surface area contributed by atoms with E-state index in [1.165, 1.54) is 4.90 Å². The van der Waals surface area contributed by atoms with Crippen molar-refractivity contribution in [1.82, 2.24) is 10.2 Å². The fraction of sp³-hybridized carbons (Fsp3) is 0.333. The van der Waals surface area contributed by atoms with Gasteiger partial charge in [0.15, 0.2) is 11.4 Å². The van der Waals surface area contributed by atoms with Crippen molar-refractivity contribution < 1.29 is 39.6 Å². The Balaban J connectivity index is 1.75. The normalized spacial score (nSPS) is 25.2. The summed E-state index contributed by atoms with van der Waals surface area (Å²) < 4.78 is 0. The summed E-state index contributed by atoms with van der Waals surface area (Å²) in [6.45, 7) is -0.130. The van der Waals surface area contributed by atoms with Crippen LogP contribution >= 0.6 is 11.6 Å². The molecule has 11 nitrogen and oxygen atoms in total. The molecule has 3 aliphatic carbocycles. The lowest BCUT2D eigenvalue weighted by atomic mass is 9.57. The molecule has 0 aromatic heterocycles. The Kier molecular flexibility index (Phi) is 7.38. The van der Waals surface area contributed by atoms with Crippen LogP contribution in [-0.2, 0) is 32.1 Å². The molecular weight excluding hydrogens is 566 g/mol. The lowest BCUT2D eigenvalue weighted by Gasteiger charge is -2.50. The van der Waals surface area contributed by atoms with Gasteiger partial charge in [-0.1, -0.05) is 30.3 Å². The molecule has 2 amide bonds. The van der Waals surface area contributed by atoms with Crippen LogP contribution < -0.4 is 11.1 Å². The molecule has 0 heterocycles. The summed E-state index contributed by atoms with van der Waals surface area (Å²) in [5.41, 5.74) is 3.63. The van der Waals surface area contributed by atoms with Gasteiger partial charge in [-0.05, 0) is 55.6 Å². The van der Waals surface area contributed by atoms with E-state index in [-0.39, 0.29) is 47.7 Å². The zero-order valence-electron chi connectivity index (χ0n) is 22.8. The number of alkyl halides is 1. The largest absolute Gasteiger partial charge is 0.508 e. The van der Waals surface area contributed by atoms with Crippen molar-refractivity contribution in [3.05, 3.63) is 70.0 Å². The number of phenolic OH excluding ortho intramolecular Hbond substituents is 1. The van der Waals surface area contributed by atoms with Crippen molar-refractivity contribution in [2.24, 2.45) is 17.6 Å². The number of carbonyl (C=O) groups excluding carboxylic acids is 4. The molecule has 2 aromatic rings.